The summed E-state index contributed by atoms with van der Waals surface area (Å²) >= 11 is 0. The number of rotatable bonds is 12. The van der Waals surface area contributed by atoms with Crippen LogP contribution in [0.3, 0.4) is 0 Å². The van der Waals surface area contributed by atoms with Gasteiger partial charge < -0.3 is 13.9 Å². The number of furan rings is 1. The van der Waals surface area contributed by atoms with E-state index in [2.05, 4.69) is 13.8 Å². The lowest BCUT2D eigenvalue weighted by atomic mass is 9.70. The SMILES string of the molecule is CCOC(=O)c1oc2ccc(C(CC)(CC)c3ccc(OCC(=O)C(C)(S(C)(=O)=O)S(C)(=O)=O)c(C)c3)cc2c1C. The van der Waals surface area contributed by atoms with Gasteiger partial charge in [-0.15, -0.1) is 0 Å². The van der Waals surface area contributed by atoms with Crippen LogP contribution in [0.25, 0.3) is 11.0 Å². The Morgan fingerprint density at radius 1 is 0.878 bits per heavy atom. The Kier molecular flexibility index (Phi) is 9.15. The number of esters is 1. The molecule has 0 fully saturated rings. The molecular formula is C30H38O9S2. The fourth-order valence-electron chi connectivity index (χ4n) is 5.22. The first-order chi connectivity index (χ1) is 19.0. The molecule has 3 aromatic rings. The van der Waals surface area contributed by atoms with Crippen LogP contribution < -0.4 is 4.74 Å². The second-order valence-electron chi connectivity index (χ2n) is 10.5. The molecule has 0 radical (unpaired) electrons. The van der Waals surface area contributed by atoms with Gasteiger partial charge in [-0.1, -0.05) is 32.0 Å². The summed E-state index contributed by atoms with van der Waals surface area (Å²) in [4.78, 5) is 25.2. The van der Waals surface area contributed by atoms with E-state index >= 15 is 0 Å². The Bertz CT molecular complexity index is 1660. The van der Waals surface area contributed by atoms with Gasteiger partial charge >= 0.3 is 5.97 Å². The van der Waals surface area contributed by atoms with Crippen LogP contribution in [0.15, 0.2) is 40.8 Å². The zero-order valence-corrected chi connectivity index (χ0v) is 26.4. The molecule has 3 rings (SSSR count). The number of benzene rings is 2. The zero-order valence-electron chi connectivity index (χ0n) is 24.8. The summed E-state index contributed by atoms with van der Waals surface area (Å²) in [5.74, 6) is -1.04. The molecule has 0 aliphatic heterocycles. The predicted octanol–water partition coefficient (Wildman–Crippen LogP) is 5.09. The van der Waals surface area contributed by atoms with E-state index in [1.165, 1.54) is 0 Å². The molecule has 9 nitrogen and oxygen atoms in total. The van der Waals surface area contributed by atoms with E-state index in [4.69, 9.17) is 13.9 Å². The number of fused-ring (bicyclic) bond motifs is 1. The molecule has 41 heavy (non-hydrogen) atoms. The minimum Gasteiger partial charge on any atom is -0.485 e. The van der Waals surface area contributed by atoms with Crippen LogP contribution in [-0.2, 0) is 34.6 Å². The summed E-state index contributed by atoms with van der Waals surface area (Å²) in [5.41, 5.74) is 3.65. The minimum atomic E-state index is -4.27. The van der Waals surface area contributed by atoms with Crippen LogP contribution in [0.2, 0.25) is 0 Å². The lowest BCUT2D eigenvalue weighted by Crippen LogP contribution is -2.51. The molecule has 2 aromatic carbocycles. The molecule has 0 N–H and O–H groups in total. The Morgan fingerprint density at radius 2 is 1.44 bits per heavy atom. The van der Waals surface area contributed by atoms with Crippen molar-refractivity contribution in [3.63, 3.8) is 0 Å². The van der Waals surface area contributed by atoms with Crippen LogP contribution in [0, 0.1) is 13.8 Å². The van der Waals surface area contributed by atoms with Gasteiger partial charge in [-0.3, -0.25) is 4.79 Å². The number of ether oxygens (including phenoxy) is 2. The Balaban J connectivity index is 1.98. The van der Waals surface area contributed by atoms with Crippen molar-refractivity contribution in [2.75, 3.05) is 25.7 Å². The van der Waals surface area contributed by atoms with Crippen molar-refractivity contribution < 1.29 is 40.3 Å². The van der Waals surface area contributed by atoms with Crippen molar-refractivity contribution in [3.05, 3.63) is 64.4 Å². The molecule has 1 aromatic heterocycles. The van der Waals surface area contributed by atoms with E-state index in [1.807, 2.05) is 37.3 Å². The maximum Gasteiger partial charge on any atom is 0.374 e. The van der Waals surface area contributed by atoms with Gasteiger partial charge in [-0.05, 0) is 75.4 Å². The first-order valence-electron chi connectivity index (χ1n) is 13.4. The molecular weight excluding hydrogens is 568 g/mol. The van der Waals surface area contributed by atoms with Gasteiger partial charge in [0, 0.05) is 28.9 Å². The lowest BCUT2D eigenvalue weighted by molar-refractivity contribution is -0.121. The normalized spacial score (nSPS) is 12.9. The topological polar surface area (TPSA) is 134 Å². The van der Waals surface area contributed by atoms with E-state index in [1.54, 1.807) is 19.9 Å². The van der Waals surface area contributed by atoms with Crippen molar-refractivity contribution in [2.24, 2.45) is 0 Å². The highest BCUT2D eigenvalue weighted by molar-refractivity contribution is 8.10. The molecule has 224 valence electrons. The Labute approximate surface area is 242 Å². The maximum absolute atomic E-state index is 12.8. The molecule has 0 amide bonds. The summed E-state index contributed by atoms with van der Waals surface area (Å²) in [6.07, 6.45) is 2.97. The minimum absolute atomic E-state index is 0.187. The van der Waals surface area contributed by atoms with E-state index in [-0.39, 0.29) is 12.4 Å². The third kappa shape index (κ3) is 5.66. The summed E-state index contributed by atoms with van der Waals surface area (Å²) in [6.45, 7) is 9.98. The molecule has 0 saturated carbocycles. The quantitative estimate of drug-likeness (QED) is 0.259. The van der Waals surface area contributed by atoms with E-state index in [0.29, 0.717) is 22.5 Å². The third-order valence-electron chi connectivity index (χ3n) is 8.16. The van der Waals surface area contributed by atoms with E-state index < -0.39 is 47.5 Å². The second-order valence-corrected chi connectivity index (χ2v) is 15.4. The van der Waals surface area contributed by atoms with Crippen molar-refractivity contribution >= 4 is 42.4 Å². The van der Waals surface area contributed by atoms with Gasteiger partial charge in [0.15, 0.2) is 19.7 Å². The molecule has 0 unspecified atom stereocenters. The fraction of sp³-hybridized carbons (Fsp3) is 0.467. The second kappa shape index (κ2) is 11.6. The molecule has 0 aliphatic rings. The highest BCUT2D eigenvalue weighted by Gasteiger charge is 2.52. The van der Waals surface area contributed by atoms with E-state index in [9.17, 15) is 26.4 Å². The van der Waals surface area contributed by atoms with Crippen LogP contribution in [-0.4, -0.2) is 58.4 Å². The molecule has 11 heteroatoms. The first kappa shape index (κ1) is 32.3. The average Bonchev–Trinajstić information content (AvgIpc) is 3.23. The first-order valence-corrected chi connectivity index (χ1v) is 17.1. The highest BCUT2D eigenvalue weighted by Crippen LogP contribution is 2.42. The summed E-state index contributed by atoms with van der Waals surface area (Å²) in [6, 6.07) is 11.4. The monoisotopic (exact) mass is 606 g/mol. The number of ketones is 1. The largest absolute Gasteiger partial charge is 0.485 e. The lowest BCUT2D eigenvalue weighted by Gasteiger charge is -2.34. The highest BCUT2D eigenvalue weighted by atomic mass is 32.3. The van der Waals surface area contributed by atoms with Crippen LogP contribution in [0.4, 0.5) is 0 Å². The summed E-state index contributed by atoms with van der Waals surface area (Å²) < 4.78 is 63.0. The predicted molar refractivity (Wildman–Crippen MR) is 158 cm³/mol. The number of carbonyl (C=O) groups excluding carboxylic acids is 2. The number of aryl methyl sites for hydroxylation is 2. The van der Waals surface area contributed by atoms with Gasteiger partial charge in [-0.25, -0.2) is 21.6 Å². The standard InChI is InChI=1S/C30H38O9S2/c1-9-30(10-2,22-13-15-25-23(17-22)20(5)27(39-25)28(32)37-11-3)21-12-14-24(19(4)16-21)38-18-26(31)29(6,40(7,33)34)41(8,35)36/h12-17H,9-11,18H2,1-8H3. The van der Waals surface area contributed by atoms with Crippen molar-refractivity contribution in [1.82, 2.24) is 0 Å². The van der Waals surface area contributed by atoms with Crippen LogP contribution >= 0.6 is 0 Å². The number of sulfone groups is 2. The zero-order chi connectivity index (χ0) is 31.0. The average molecular weight is 607 g/mol. The summed E-state index contributed by atoms with van der Waals surface area (Å²) in [5, 5.41) is 0.826. The van der Waals surface area contributed by atoms with Gasteiger partial charge in [0.25, 0.3) is 0 Å². The molecule has 0 spiro atoms. The Morgan fingerprint density at radius 3 is 1.95 bits per heavy atom. The molecule has 0 atom stereocenters. The third-order valence-corrected chi connectivity index (χ3v) is 13.3. The van der Waals surface area contributed by atoms with Gasteiger partial charge in [0.2, 0.25) is 15.6 Å². The maximum atomic E-state index is 12.8. The van der Waals surface area contributed by atoms with Crippen molar-refractivity contribution in [3.8, 4) is 5.75 Å². The number of hydrogen-bond donors (Lipinski definition) is 0. The fourth-order valence-corrected chi connectivity index (χ4v) is 8.36. The molecule has 0 aliphatic carbocycles. The van der Waals surface area contributed by atoms with Crippen LogP contribution in [0.5, 0.6) is 5.75 Å². The van der Waals surface area contributed by atoms with Crippen LogP contribution in [0.1, 0.15) is 73.3 Å². The smallest absolute Gasteiger partial charge is 0.374 e. The number of carbonyl (C=O) groups is 2. The van der Waals surface area contributed by atoms with Crippen molar-refractivity contribution in [2.45, 2.75) is 63.9 Å². The summed E-state index contributed by atoms with van der Waals surface area (Å²) in [7, 11) is -8.55. The number of Topliss-reactive ketones (excluding diaryl/α,β-unsaturated/α-hetero) is 1. The van der Waals surface area contributed by atoms with Gasteiger partial charge in [0.05, 0.1) is 6.61 Å². The molecule has 0 saturated heterocycles. The van der Waals surface area contributed by atoms with Gasteiger partial charge in [-0.2, -0.15) is 0 Å². The number of hydrogen-bond acceptors (Lipinski definition) is 9. The van der Waals surface area contributed by atoms with Gasteiger partial charge in [0.1, 0.15) is 17.9 Å². The Hall–Kier alpha value is -3.18. The molecule has 0 bridgehead atoms. The molecule has 1 heterocycles. The van der Waals surface area contributed by atoms with Crippen molar-refractivity contribution in [1.29, 1.82) is 0 Å². The van der Waals surface area contributed by atoms with E-state index in [0.717, 1.165) is 48.8 Å².